The van der Waals surface area contributed by atoms with Gasteiger partial charge in [0.05, 0.1) is 16.9 Å². The Bertz CT molecular complexity index is 447. The number of rotatable bonds is 5. The van der Waals surface area contributed by atoms with Gasteiger partial charge in [-0.3, -0.25) is 10.1 Å². The molecule has 6 nitrogen and oxygen atoms in total. The van der Waals surface area contributed by atoms with Crippen LogP contribution in [0.25, 0.3) is 0 Å². The van der Waals surface area contributed by atoms with Crippen molar-refractivity contribution in [1.82, 2.24) is 0 Å². The predicted molar refractivity (Wildman–Crippen MR) is 62.8 cm³/mol. The SMILES string of the molecule is COCC(C)(C=O)c1ccc(N)c([N+](=O)[O-])c1. The molecule has 0 fully saturated rings. The van der Waals surface area contributed by atoms with Gasteiger partial charge in [0.2, 0.25) is 0 Å². The Hall–Kier alpha value is -1.95. The summed E-state index contributed by atoms with van der Waals surface area (Å²) in [6.45, 7) is 1.80. The van der Waals surface area contributed by atoms with Gasteiger partial charge < -0.3 is 15.3 Å². The minimum Gasteiger partial charge on any atom is -0.393 e. The van der Waals surface area contributed by atoms with Crippen LogP contribution in [0.2, 0.25) is 0 Å². The molecule has 0 heterocycles. The second-order valence-corrected chi connectivity index (χ2v) is 4.00. The van der Waals surface area contributed by atoms with Crippen molar-refractivity contribution in [3.8, 4) is 0 Å². The highest BCUT2D eigenvalue weighted by Crippen LogP contribution is 2.29. The number of benzene rings is 1. The van der Waals surface area contributed by atoms with Crippen molar-refractivity contribution in [2.45, 2.75) is 12.3 Å². The first-order valence-corrected chi connectivity index (χ1v) is 4.94. The molecule has 0 aromatic heterocycles. The molecule has 0 aliphatic heterocycles. The first-order valence-electron chi connectivity index (χ1n) is 4.94. The topological polar surface area (TPSA) is 95.5 Å². The van der Waals surface area contributed by atoms with Gasteiger partial charge in [0.15, 0.2) is 0 Å². The Balaban J connectivity index is 3.27. The highest BCUT2D eigenvalue weighted by Gasteiger charge is 2.28. The Morgan fingerprint density at radius 2 is 2.24 bits per heavy atom. The molecular formula is C11H14N2O4. The Labute approximate surface area is 98.5 Å². The van der Waals surface area contributed by atoms with Crippen LogP contribution in [-0.4, -0.2) is 24.9 Å². The molecule has 17 heavy (non-hydrogen) atoms. The molecule has 0 saturated heterocycles. The summed E-state index contributed by atoms with van der Waals surface area (Å²) in [6.07, 6.45) is 0.714. The lowest BCUT2D eigenvalue weighted by atomic mass is 9.84. The zero-order chi connectivity index (χ0) is 13.1. The van der Waals surface area contributed by atoms with Gasteiger partial charge in [-0.25, -0.2) is 0 Å². The van der Waals surface area contributed by atoms with Crippen LogP contribution in [0.5, 0.6) is 0 Å². The number of carbonyl (C=O) groups is 1. The van der Waals surface area contributed by atoms with Gasteiger partial charge in [-0.05, 0) is 18.6 Å². The van der Waals surface area contributed by atoms with Crippen LogP contribution in [0.3, 0.4) is 0 Å². The van der Waals surface area contributed by atoms with E-state index in [0.29, 0.717) is 11.8 Å². The van der Waals surface area contributed by atoms with Crippen molar-refractivity contribution in [2.24, 2.45) is 0 Å². The Kier molecular flexibility index (Phi) is 3.80. The molecule has 0 aliphatic carbocycles. The average Bonchev–Trinajstić information content (AvgIpc) is 2.29. The lowest BCUT2D eigenvalue weighted by Crippen LogP contribution is -2.29. The van der Waals surface area contributed by atoms with Gasteiger partial charge in [-0.15, -0.1) is 0 Å². The van der Waals surface area contributed by atoms with Crippen molar-refractivity contribution >= 4 is 17.7 Å². The van der Waals surface area contributed by atoms with Crippen LogP contribution >= 0.6 is 0 Å². The molecule has 0 bridgehead atoms. The summed E-state index contributed by atoms with van der Waals surface area (Å²) in [5, 5.41) is 10.8. The van der Waals surface area contributed by atoms with Crippen LogP contribution < -0.4 is 5.73 Å². The second-order valence-electron chi connectivity index (χ2n) is 4.00. The summed E-state index contributed by atoms with van der Waals surface area (Å²) in [5.41, 5.74) is 4.96. The van der Waals surface area contributed by atoms with Crippen LogP contribution in [0.15, 0.2) is 18.2 Å². The van der Waals surface area contributed by atoms with E-state index in [0.717, 1.165) is 0 Å². The number of nitro groups is 1. The van der Waals surface area contributed by atoms with Gasteiger partial charge in [0.25, 0.3) is 5.69 Å². The maximum Gasteiger partial charge on any atom is 0.292 e. The summed E-state index contributed by atoms with van der Waals surface area (Å²) in [7, 11) is 1.47. The van der Waals surface area contributed by atoms with Crippen molar-refractivity contribution in [3.05, 3.63) is 33.9 Å². The van der Waals surface area contributed by atoms with Gasteiger partial charge in [-0.2, -0.15) is 0 Å². The van der Waals surface area contributed by atoms with Crippen LogP contribution in [-0.2, 0) is 14.9 Å². The number of hydrogen-bond acceptors (Lipinski definition) is 5. The molecule has 92 valence electrons. The van der Waals surface area contributed by atoms with E-state index in [1.807, 2.05) is 0 Å². The minimum atomic E-state index is -0.910. The number of nitrogens with two attached hydrogens (primary N) is 1. The third-order valence-corrected chi connectivity index (χ3v) is 2.59. The van der Waals surface area contributed by atoms with Crippen molar-refractivity contribution in [1.29, 1.82) is 0 Å². The molecule has 1 atom stereocenters. The monoisotopic (exact) mass is 238 g/mol. The fourth-order valence-corrected chi connectivity index (χ4v) is 1.54. The first-order chi connectivity index (χ1) is 7.94. The maximum atomic E-state index is 11.1. The van der Waals surface area contributed by atoms with E-state index in [2.05, 4.69) is 0 Å². The molecule has 6 heteroatoms. The highest BCUT2D eigenvalue weighted by atomic mass is 16.6. The number of nitrogen functional groups attached to an aromatic ring is 1. The molecule has 1 aromatic carbocycles. The number of carbonyl (C=O) groups excluding carboxylic acids is 1. The number of methoxy groups -OCH3 is 1. The van der Waals surface area contributed by atoms with Gasteiger partial charge in [0.1, 0.15) is 12.0 Å². The van der Waals surface area contributed by atoms with Crippen molar-refractivity contribution < 1.29 is 14.5 Å². The highest BCUT2D eigenvalue weighted by molar-refractivity contribution is 5.71. The average molecular weight is 238 g/mol. The molecule has 1 unspecified atom stereocenters. The second kappa shape index (κ2) is 4.92. The van der Waals surface area contributed by atoms with E-state index in [1.54, 1.807) is 13.0 Å². The smallest absolute Gasteiger partial charge is 0.292 e. The Morgan fingerprint density at radius 3 is 2.71 bits per heavy atom. The van der Waals surface area contributed by atoms with E-state index in [4.69, 9.17) is 10.5 Å². The third kappa shape index (κ3) is 2.59. The number of nitro benzene ring substituents is 1. The molecular weight excluding hydrogens is 224 g/mol. The predicted octanol–water partition coefficient (Wildman–Crippen LogP) is 1.28. The summed E-state index contributed by atoms with van der Waals surface area (Å²) in [5.74, 6) is 0. The van der Waals surface area contributed by atoms with Crippen molar-refractivity contribution in [2.75, 3.05) is 19.5 Å². The summed E-state index contributed by atoms with van der Waals surface area (Å²) in [6, 6.07) is 4.32. The standard InChI is InChI=1S/C11H14N2O4/c1-11(6-14,7-17-2)8-3-4-9(12)10(5-8)13(15)16/h3-6H,7,12H2,1-2H3. The Morgan fingerprint density at radius 1 is 1.59 bits per heavy atom. The van der Waals surface area contributed by atoms with Gasteiger partial charge in [0, 0.05) is 13.2 Å². The molecule has 0 radical (unpaired) electrons. The van der Waals surface area contributed by atoms with E-state index < -0.39 is 10.3 Å². The van der Waals surface area contributed by atoms with E-state index in [9.17, 15) is 14.9 Å². The van der Waals surface area contributed by atoms with E-state index in [1.165, 1.54) is 19.2 Å². The fraction of sp³-hybridized carbons (Fsp3) is 0.364. The number of hydrogen-bond donors (Lipinski definition) is 1. The molecule has 2 N–H and O–H groups in total. The minimum absolute atomic E-state index is 0.0735. The number of ether oxygens (including phenoxy) is 1. The lowest BCUT2D eigenvalue weighted by Gasteiger charge is -2.22. The van der Waals surface area contributed by atoms with E-state index in [-0.39, 0.29) is 18.0 Å². The van der Waals surface area contributed by atoms with Gasteiger partial charge in [-0.1, -0.05) is 6.07 Å². The van der Waals surface area contributed by atoms with Gasteiger partial charge >= 0.3 is 0 Å². The largest absolute Gasteiger partial charge is 0.393 e. The zero-order valence-electron chi connectivity index (χ0n) is 9.67. The molecule has 1 rings (SSSR count). The van der Waals surface area contributed by atoms with Crippen molar-refractivity contribution in [3.63, 3.8) is 0 Å². The molecule has 0 saturated carbocycles. The third-order valence-electron chi connectivity index (χ3n) is 2.59. The first kappa shape index (κ1) is 13.1. The number of anilines is 1. The van der Waals surface area contributed by atoms with Crippen LogP contribution in [0.1, 0.15) is 12.5 Å². The molecule has 0 aliphatic rings. The van der Waals surface area contributed by atoms with Crippen LogP contribution in [0.4, 0.5) is 11.4 Å². The number of aldehydes is 1. The van der Waals surface area contributed by atoms with Crippen LogP contribution in [0, 0.1) is 10.1 Å². The quantitative estimate of drug-likeness (QED) is 0.361. The normalized spacial score (nSPS) is 14.0. The lowest BCUT2D eigenvalue weighted by molar-refractivity contribution is -0.384. The fourth-order valence-electron chi connectivity index (χ4n) is 1.54. The summed E-state index contributed by atoms with van der Waals surface area (Å²) < 4.78 is 4.95. The van der Waals surface area contributed by atoms with E-state index >= 15 is 0 Å². The maximum absolute atomic E-state index is 11.1. The molecule has 0 amide bonds. The summed E-state index contributed by atoms with van der Waals surface area (Å²) >= 11 is 0. The molecule has 1 aromatic rings. The summed E-state index contributed by atoms with van der Waals surface area (Å²) in [4.78, 5) is 21.3. The zero-order valence-corrected chi connectivity index (χ0v) is 9.67. The molecule has 0 spiro atoms. The number of nitrogens with zero attached hydrogens (tertiary/aromatic N) is 1.